The maximum Gasteiger partial charge on any atom is 0.387 e. The molecule has 1 N–H and O–H groups in total. The zero-order chi connectivity index (χ0) is 22.6. The normalized spacial score (nSPS) is 19.5. The Hall–Kier alpha value is -2.40. The first kappa shape index (κ1) is 23.3. The van der Waals surface area contributed by atoms with Gasteiger partial charge in [0.2, 0.25) is 0 Å². The first-order valence-electron chi connectivity index (χ1n) is 9.75. The second-order valence-electron chi connectivity index (χ2n) is 7.53. The third-order valence-corrected chi connectivity index (χ3v) is 5.94. The molecule has 31 heavy (non-hydrogen) atoms. The average molecular weight is 462 g/mol. The van der Waals surface area contributed by atoms with E-state index in [0.29, 0.717) is 25.7 Å². The number of rotatable bonds is 8. The van der Waals surface area contributed by atoms with E-state index in [1.165, 1.54) is 12.3 Å². The van der Waals surface area contributed by atoms with E-state index in [2.05, 4.69) is 15.0 Å². The van der Waals surface area contributed by atoms with Crippen molar-refractivity contribution in [1.29, 1.82) is 0 Å². The molecule has 1 aromatic heterocycles. The van der Waals surface area contributed by atoms with Crippen molar-refractivity contribution in [3.63, 3.8) is 0 Å². The smallest absolute Gasteiger partial charge is 0.387 e. The van der Waals surface area contributed by atoms with Crippen molar-refractivity contribution in [2.24, 2.45) is 0 Å². The number of aromatic nitrogens is 1. The molecule has 1 aliphatic rings. The molecule has 0 bridgehead atoms. The molecular weight excluding hydrogens is 437 g/mol. The van der Waals surface area contributed by atoms with E-state index in [-0.39, 0.29) is 48.3 Å². The molecule has 0 spiro atoms. The number of nitrogens with zero attached hydrogens (tertiary/aromatic N) is 1. The number of ether oxygens (including phenoxy) is 2. The lowest BCUT2D eigenvalue weighted by atomic mass is 9.92. The highest BCUT2D eigenvalue weighted by molar-refractivity contribution is 7.90. The molecule has 0 atom stereocenters. The van der Waals surface area contributed by atoms with Gasteiger partial charge in [-0.2, -0.15) is 8.78 Å². The minimum atomic E-state index is -3.16. The summed E-state index contributed by atoms with van der Waals surface area (Å²) < 4.78 is 70.6. The lowest BCUT2D eigenvalue weighted by Crippen LogP contribution is -2.39. The van der Waals surface area contributed by atoms with Crippen LogP contribution < -0.4 is 10.1 Å². The number of pyridine rings is 1. The molecule has 7 nitrogen and oxygen atoms in total. The number of carbonyl (C=O) groups excluding carboxylic acids is 1. The lowest BCUT2D eigenvalue weighted by molar-refractivity contribution is -0.0520. The van der Waals surface area contributed by atoms with E-state index in [4.69, 9.17) is 4.74 Å². The van der Waals surface area contributed by atoms with E-state index in [9.17, 15) is 26.4 Å². The van der Waals surface area contributed by atoms with Crippen molar-refractivity contribution in [2.45, 2.75) is 44.4 Å². The summed E-state index contributed by atoms with van der Waals surface area (Å²) in [6.45, 7) is -3.00. The van der Waals surface area contributed by atoms with Crippen LogP contribution in [0.3, 0.4) is 0 Å². The van der Waals surface area contributed by atoms with Gasteiger partial charge in [-0.15, -0.1) is 0 Å². The van der Waals surface area contributed by atoms with Gasteiger partial charge >= 0.3 is 6.61 Å². The predicted molar refractivity (Wildman–Crippen MR) is 110 cm³/mol. The number of nitrogens with one attached hydrogen (secondary N) is 1. The van der Waals surface area contributed by atoms with Crippen molar-refractivity contribution in [3.8, 4) is 5.75 Å². The number of carbonyl (C=O) groups is 1. The highest BCUT2D eigenvalue weighted by Crippen LogP contribution is 2.26. The van der Waals surface area contributed by atoms with Crippen molar-refractivity contribution in [3.05, 3.63) is 35.8 Å². The molecule has 1 aliphatic carbocycles. The van der Waals surface area contributed by atoms with Crippen molar-refractivity contribution in [2.75, 3.05) is 18.6 Å². The Morgan fingerprint density at radius 1 is 1.26 bits per heavy atom. The average Bonchev–Trinajstić information content (AvgIpc) is 2.68. The molecule has 11 heteroatoms. The number of alkyl halides is 2. The topological polar surface area (TPSA) is 94.6 Å². The van der Waals surface area contributed by atoms with Gasteiger partial charge in [0.1, 0.15) is 9.84 Å². The van der Waals surface area contributed by atoms with Gasteiger partial charge in [-0.3, -0.25) is 9.78 Å². The van der Waals surface area contributed by atoms with E-state index < -0.39 is 28.0 Å². The minimum Gasteiger partial charge on any atom is -0.432 e. The van der Waals surface area contributed by atoms with E-state index >= 15 is 0 Å². The molecule has 172 valence electrons. The Bertz CT molecular complexity index is 1050. The lowest BCUT2D eigenvalue weighted by Gasteiger charge is -2.29. The molecule has 0 unspecified atom stereocenters. The molecular formula is C20H25F3N2O5S. The number of halogens is 3. The summed E-state index contributed by atoms with van der Waals surface area (Å²) in [4.78, 5) is 16.6. The number of amides is 1. The van der Waals surface area contributed by atoms with Gasteiger partial charge < -0.3 is 14.8 Å². The highest BCUT2D eigenvalue weighted by Gasteiger charge is 2.24. The summed E-state index contributed by atoms with van der Waals surface area (Å²) in [6, 6.07) is 3.42. The number of benzene rings is 1. The minimum absolute atomic E-state index is 0. The van der Waals surface area contributed by atoms with Gasteiger partial charge in [-0.05, 0) is 37.8 Å². The summed E-state index contributed by atoms with van der Waals surface area (Å²) in [6.07, 6.45) is 5.17. The number of fused-ring (bicyclic) bond motifs is 1. The zero-order valence-corrected chi connectivity index (χ0v) is 17.6. The van der Waals surface area contributed by atoms with Crippen LogP contribution in [-0.4, -0.2) is 56.7 Å². The quantitative estimate of drug-likeness (QED) is 0.647. The van der Waals surface area contributed by atoms with Crippen LogP contribution in [0.4, 0.5) is 13.2 Å². The molecule has 2 aromatic rings. The monoisotopic (exact) mass is 462 g/mol. The van der Waals surface area contributed by atoms with Crippen molar-refractivity contribution < 1.29 is 37.3 Å². The molecule has 0 radical (unpaired) electrons. The molecule has 0 aliphatic heterocycles. The Labute approximate surface area is 179 Å². The highest BCUT2D eigenvalue weighted by atomic mass is 32.2. The first-order chi connectivity index (χ1) is 14.6. The third-order valence-electron chi connectivity index (χ3n) is 5.03. The fourth-order valence-electron chi connectivity index (χ4n) is 3.45. The van der Waals surface area contributed by atoms with Crippen LogP contribution in [0.25, 0.3) is 10.9 Å². The van der Waals surface area contributed by atoms with Gasteiger partial charge in [-0.25, -0.2) is 12.8 Å². The molecule has 1 fully saturated rings. The van der Waals surface area contributed by atoms with Gasteiger partial charge in [0, 0.05) is 31.4 Å². The van der Waals surface area contributed by atoms with Gasteiger partial charge in [0.05, 0.1) is 29.5 Å². The second-order valence-corrected chi connectivity index (χ2v) is 9.79. The van der Waals surface area contributed by atoms with E-state index in [0.717, 1.165) is 18.4 Å². The van der Waals surface area contributed by atoms with Gasteiger partial charge in [0.25, 0.3) is 5.91 Å². The molecule has 0 saturated heterocycles. The number of sulfone groups is 1. The second kappa shape index (κ2) is 9.82. The molecule has 1 heterocycles. The predicted octanol–water partition coefficient (Wildman–Crippen LogP) is 3.32. The van der Waals surface area contributed by atoms with Gasteiger partial charge in [0.15, 0.2) is 11.6 Å². The zero-order valence-electron chi connectivity index (χ0n) is 16.8. The summed E-state index contributed by atoms with van der Waals surface area (Å²) in [5, 5.41) is 3.19. The van der Waals surface area contributed by atoms with Crippen LogP contribution in [-0.2, 0) is 14.6 Å². The number of hydrogen-bond donors (Lipinski definition) is 1. The summed E-state index contributed by atoms with van der Waals surface area (Å²) >= 11 is 0. The van der Waals surface area contributed by atoms with Crippen molar-refractivity contribution in [1.82, 2.24) is 10.3 Å². The summed E-state index contributed by atoms with van der Waals surface area (Å²) in [5.41, 5.74) is 0.446. The SMILES string of the molecule is CS(=O)(=O)CCOC1CCC(NC(=O)c2cnc3cc(OC(F)F)c(F)cc3c2)CC1.[HH]. The molecule has 3 rings (SSSR count). The van der Waals surface area contributed by atoms with Crippen LogP contribution in [0.15, 0.2) is 24.4 Å². The maximum atomic E-state index is 13.9. The fraction of sp³-hybridized carbons (Fsp3) is 0.500. The molecule has 1 aromatic carbocycles. The van der Waals surface area contributed by atoms with Gasteiger partial charge in [-0.1, -0.05) is 0 Å². The standard InChI is InChI=1S/C20H23F3N2O5S.H2/c1-31(27,28)7-6-29-15-4-2-14(3-5-15)25-19(26)13-8-12-9-16(21)18(30-20(22)23)10-17(12)24-11-13;/h8-11,14-15,20H,2-7H2,1H3,(H,25,26);1H. The fourth-order valence-corrected chi connectivity index (χ4v) is 3.85. The van der Waals surface area contributed by atoms with Crippen LogP contribution in [0, 0.1) is 5.82 Å². The van der Waals surface area contributed by atoms with E-state index in [1.54, 1.807) is 0 Å². The summed E-state index contributed by atoms with van der Waals surface area (Å²) in [5.74, 6) is -1.97. The van der Waals surface area contributed by atoms with E-state index in [1.807, 2.05) is 0 Å². The van der Waals surface area contributed by atoms with Crippen LogP contribution >= 0.6 is 0 Å². The van der Waals surface area contributed by atoms with Crippen LogP contribution in [0.1, 0.15) is 37.5 Å². The number of hydrogen-bond acceptors (Lipinski definition) is 6. The Morgan fingerprint density at radius 3 is 2.61 bits per heavy atom. The molecule has 1 saturated carbocycles. The third kappa shape index (κ3) is 6.79. The maximum absolute atomic E-state index is 13.9. The van der Waals surface area contributed by atoms with Crippen molar-refractivity contribution >= 4 is 26.6 Å². The largest absolute Gasteiger partial charge is 0.432 e. The molecule has 1 amide bonds. The summed E-state index contributed by atoms with van der Waals surface area (Å²) in [7, 11) is -3.06. The van der Waals surface area contributed by atoms with Crippen LogP contribution in [0.2, 0.25) is 0 Å². The Balaban J connectivity index is 0.00000363. The first-order valence-corrected chi connectivity index (χ1v) is 11.8. The Kier molecular flexibility index (Phi) is 7.37. The Morgan fingerprint density at radius 2 is 1.97 bits per heavy atom. The van der Waals surface area contributed by atoms with Crippen LogP contribution in [0.5, 0.6) is 5.75 Å².